The first-order valence-electron chi connectivity index (χ1n) is 13.8. The molecule has 42 heavy (non-hydrogen) atoms. The van der Waals surface area contributed by atoms with Crippen LogP contribution in [0.25, 0.3) is 49.3 Å². The Bertz CT molecular complexity index is 2150. The molecule has 0 saturated carbocycles. The van der Waals surface area contributed by atoms with Crippen LogP contribution in [0.4, 0.5) is 5.69 Å². The molecule has 0 atom stereocenters. The Hall–Kier alpha value is -5.67. The fourth-order valence-corrected chi connectivity index (χ4v) is 5.76. The lowest BCUT2D eigenvalue weighted by atomic mass is 9.95. The molecule has 6 nitrogen and oxygen atoms in total. The van der Waals surface area contributed by atoms with Crippen LogP contribution < -0.4 is 4.74 Å². The van der Waals surface area contributed by atoms with Gasteiger partial charge in [-0.2, -0.15) is 5.10 Å². The minimum Gasteiger partial charge on any atom is -0.459 e. The third-order valence-corrected chi connectivity index (χ3v) is 7.65. The zero-order chi connectivity index (χ0) is 28.8. The van der Waals surface area contributed by atoms with Crippen LogP contribution in [0.3, 0.4) is 0 Å². The third-order valence-electron chi connectivity index (χ3n) is 7.65. The molecular formula is C36H27N5O. The minimum absolute atomic E-state index is 0.483. The van der Waals surface area contributed by atoms with Crippen LogP contribution in [0.2, 0.25) is 0 Å². The number of pyridine rings is 1. The van der Waals surface area contributed by atoms with Gasteiger partial charge in [0.25, 0.3) is 0 Å². The maximum atomic E-state index is 7.59. The van der Waals surface area contributed by atoms with E-state index in [1.54, 1.807) is 23.0 Å². The van der Waals surface area contributed by atoms with Crippen molar-refractivity contribution in [2.75, 3.05) is 0 Å². The van der Waals surface area contributed by atoms with E-state index in [1.165, 1.54) is 22.3 Å². The zero-order valence-electron chi connectivity index (χ0n) is 23.5. The van der Waals surface area contributed by atoms with E-state index in [9.17, 15) is 0 Å². The molecular weight excluding hydrogens is 518 g/mol. The number of rotatable bonds is 5. The molecule has 0 spiro atoms. The first kappa shape index (κ1) is 25.3. The topological polar surface area (TPSA) is 49.2 Å². The van der Waals surface area contributed by atoms with Crippen LogP contribution in [-0.2, 0) is 0 Å². The highest BCUT2D eigenvalue weighted by Crippen LogP contribution is 2.38. The van der Waals surface area contributed by atoms with Crippen molar-refractivity contribution >= 4 is 27.5 Å². The average molecular weight is 546 g/mol. The lowest BCUT2D eigenvalue weighted by molar-refractivity contribution is 0.483. The van der Waals surface area contributed by atoms with Gasteiger partial charge in [-0.3, -0.25) is 4.57 Å². The second-order valence-electron chi connectivity index (χ2n) is 10.6. The van der Waals surface area contributed by atoms with Gasteiger partial charge in [0.1, 0.15) is 17.3 Å². The first-order chi connectivity index (χ1) is 20.5. The summed E-state index contributed by atoms with van der Waals surface area (Å²) in [6.45, 7) is 14.0. The number of hydrogen-bond acceptors (Lipinski definition) is 3. The van der Waals surface area contributed by atoms with Crippen molar-refractivity contribution in [3.05, 3.63) is 138 Å². The summed E-state index contributed by atoms with van der Waals surface area (Å²) >= 11 is 0. The predicted molar refractivity (Wildman–Crippen MR) is 168 cm³/mol. The van der Waals surface area contributed by atoms with Gasteiger partial charge in [0.15, 0.2) is 5.69 Å². The number of fused-ring (bicyclic) bond motifs is 3. The average Bonchev–Trinajstić information content (AvgIpc) is 3.63. The highest BCUT2D eigenvalue weighted by atomic mass is 16.5. The normalized spacial score (nSPS) is 11.2. The number of nitrogens with zero attached hydrogens (tertiary/aromatic N) is 5. The Labute approximate surface area is 243 Å². The highest BCUT2D eigenvalue weighted by molar-refractivity contribution is 6.10. The summed E-state index contributed by atoms with van der Waals surface area (Å²) in [7, 11) is 0. The Kier molecular flexibility index (Phi) is 6.06. The molecule has 0 aliphatic carbocycles. The van der Waals surface area contributed by atoms with Crippen molar-refractivity contribution in [3.63, 3.8) is 0 Å². The fourth-order valence-electron chi connectivity index (χ4n) is 5.76. The smallest absolute Gasteiger partial charge is 0.193 e. The summed E-state index contributed by atoms with van der Waals surface area (Å²) in [5, 5.41) is 6.57. The molecule has 6 heteroatoms. The number of benzene rings is 4. The van der Waals surface area contributed by atoms with E-state index in [0.717, 1.165) is 38.9 Å². The monoisotopic (exact) mass is 545 g/mol. The molecule has 0 unspecified atom stereocenters. The van der Waals surface area contributed by atoms with Gasteiger partial charge in [0, 0.05) is 41.5 Å². The maximum absolute atomic E-state index is 7.59. The molecule has 0 bridgehead atoms. The summed E-state index contributed by atoms with van der Waals surface area (Å²) in [4.78, 5) is 8.42. The molecule has 0 saturated heterocycles. The summed E-state index contributed by atoms with van der Waals surface area (Å²) < 4.78 is 10.3. The van der Waals surface area contributed by atoms with E-state index < -0.39 is 0 Å². The van der Waals surface area contributed by atoms with Gasteiger partial charge < -0.3 is 4.74 Å². The molecule has 7 aromatic rings. The standard InChI is InChI=1S/C36H27N5O/c1-23-13-15-38-35(17-23)41-33-18-26(36-24(2)7-5-8-25(36)3)9-11-31(33)32-12-10-29(22-34(32)41)42-30-20-27(37-4)19-28(21-30)40-16-6-14-39-40/h5-22H,1-3H3. The predicted octanol–water partition coefficient (Wildman–Crippen LogP) is 9.30. The molecule has 0 aliphatic heterocycles. The van der Waals surface area contributed by atoms with Crippen LogP contribution in [0.1, 0.15) is 16.7 Å². The van der Waals surface area contributed by atoms with Crippen LogP contribution in [0.15, 0.2) is 110 Å². The SMILES string of the molecule is [C-]#[N+]c1cc(Oc2ccc3c4ccc(-c5c(C)cccc5C)cc4n(-c4cc(C)ccn4)c3c2)cc(-n2cccn2)c1. The van der Waals surface area contributed by atoms with Crippen molar-refractivity contribution in [1.29, 1.82) is 0 Å². The second kappa shape index (κ2) is 10.1. The lowest BCUT2D eigenvalue weighted by Crippen LogP contribution is -1.98. The largest absolute Gasteiger partial charge is 0.459 e. The first-order valence-corrected chi connectivity index (χ1v) is 13.8. The van der Waals surface area contributed by atoms with Crippen LogP contribution >= 0.6 is 0 Å². The number of aromatic nitrogens is 4. The summed E-state index contributed by atoms with van der Waals surface area (Å²) in [5.74, 6) is 2.09. The van der Waals surface area contributed by atoms with Gasteiger partial charge in [-0.1, -0.05) is 30.3 Å². The van der Waals surface area contributed by atoms with Gasteiger partial charge in [-0.15, -0.1) is 0 Å². The summed E-state index contributed by atoms with van der Waals surface area (Å²) in [6.07, 6.45) is 5.41. The number of aryl methyl sites for hydroxylation is 3. The van der Waals surface area contributed by atoms with Crippen molar-refractivity contribution < 1.29 is 4.74 Å². The van der Waals surface area contributed by atoms with E-state index in [1.807, 2.05) is 36.7 Å². The van der Waals surface area contributed by atoms with Crippen LogP contribution in [0.5, 0.6) is 11.5 Å². The molecule has 4 aromatic carbocycles. The Morgan fingerprint density at radius 3 is 2.26 bits per heavy atom. The highest BCUT2D eigenvalue weighted by Gasteiger charge is 2.17. The number of ether oxygens (including phenoxy) is 1. The number of hydrogen-bond donors (Lipinski definition) is 0. The maximum Gasteiger partial charge on any atom is 0.193 e. The zero-order valence-corrected chi connectivity index (χ0v) is 23.5. The minimum atomic E-state index is 0.483. The molecule has 202 valence electrons. The van der Waals surface area contributed by atoms with Gasteiger partial charge in [0.2, 0.25) is 0 Å². The molecule has 0 radical (unpaired) electrons. The third kappa shape index (κ3) is 4.38. The van der Waals surface area contributed by atoms with Crippen molar-refractivity contribution in [3.8, 4) is 34.1 Å². The Morgan fingerprint density at radius 1 is 0.738 bits per heavy atom. The van der Waals surface area contributed by atoms with E-state index in [-0.39, 0.29) is 0 Å². The molecule has 3 aromatic heterocycles. The van der Waals surface area contributed by atoms with Crippen molar-refractivity contribution in [2.24, 2.45) is 0 Å². The molecule has 3 heterocycles. The van der Waals surface area contributed by atoms with Crippen molar-refractivity contribution in [1.82, 2.24) is 19.3 Å². The quantitative estimate of drug-likeness (QED) is 0.203. The molecule has 0 aliphatic rings. The van der Waals surface area contributed by atoms with Crippen LogP contribution in [-0.4, -0.2) is 19.3 Å². The van der Waals surface area contributed by atoms with Crippen molar-refractivity contribution in [2.45, 2.75) is 20.8 Å². The van der Waals surface area contributed by atoms with E-state index >= 15 is 0 Å². The van der Waals surface area contributed by atoms with Gasteiger partial charge in [-0.25, -0.2) is 14.5 Å². The molecule has 0 N–H and O–H groups in total. The van der Waals surface area contributed by atoms with Crippen LogP contribution in [0, 0.1) is 27.3 Å². The van der Waals surface area contributed by atoms with E-state index in [0.29, 0.717) is 17.2 Å². The van der Waals surface area contributed by atoms with Gasteiger partial charge >= 0.3 is 0 Å². The van der Waals surface area contributed by atoms with Gasteiger partial charge in [0.05, 0.1) is 23.3 Å². The Morgan fingerprint density at radius 2 is 1.52 bits per heavy atom. The summed E-state index contributed by atoms with van der Waals surface area (Å²) in [5.41, 5.74) is 9.38. The molecule has 0 amide bonds. The molecule has 7 rings (SSSR count). The van der Waals surface area contributed by atoms with E-state index in [2.05, 4.69) is 89.9 Å². The summed E-state index contributed by atoms with van der Waals surface area (Å²) in [6, 6.07) is 30.6. The lowest BCUT2D eigenvalue weighted by Gasteiger charge is -2.12. The fraction of sp³-hybridized carbons (Fsp3) is 0.0833. The molecule has 0 fully saturated rings. The second-order valence-corrected chi connectivity index (χ2v) is 10.6. The van der Waals surface area contributed by atoms with Gasteiger partial charge in [-0.05, 0) is 97.1 Å². The Balaban J connectivity index is 1.42. The van der Waals surface area contributed by atoms with E-state index in [4.69, 9.17) is 16.3 Å².